The van der Waals surface area contributed by atoms with E-state index in [0.717, 1.165) is 38.0 Å². The number of benzene rings is 1. The highest BCUT2D eigenvalue weighted by atomic mass is 16.4. The van der Waals surface area contributed by atoms with Gasteiger partial charge in [0.25, 0.3) is 0 Å². The van der Waals surface area contributed by atoms with Crippen molar-refractivity contribution in [3.05, 3.63) is 35.4 Å². The Hall–Kier alpha value is -1.88. The van der Waals surface area contributed by atoms with Crippen molar-refractivity contribution in [2.75, 3.05) is 13.1 Å². The Labute approximate surface area is 123 Å². The van der Waals surface area contributed by atoms with Crippen LogP contribution in [0.5, 0.6) is 0 Å². The largest absolute Gasteiger partial charge is 0.478 e. The molecule has 21 heavy (non-hydrogen) atoms. The lowest BCUT2D eigenvalue weighted by atomic mass is 9.85. The van der Waals surface area contributed by atoms with Crippen LogP contribution in [0.1, 0.15) is 35.2 Å². The van der Waals surface area contributed by atoms with Gasteiger partial charge in [-0.2, -0.15) is 0 Å². The molecule has 0 spiro atoms. The van der Waals surface area contributed by atoms with Crippen molar-refractivity contribution < 1.29 is 14.7 Å². The number of carboxylic acids is 1. The maximum atomic E-state index is 11.4. The minimum atomic E-state index is -0.889. The highest BCUT2D eigenvalue weighted by Crippen LogP contribution is 2.26. The van der Waals surface area contributed by atoms with Crippen LogP contribution in [0.4, 0.5) is 0 Å². The van der Waals surface area contributed by atoms with E-state index in [2.05, 4.69) is 10.2 Å². The van der Waals surface area contributed by atoms with Gasteiger partial charge in [-0.3, -0.25) is 9.69 Å². The van der Waals surface area contributed by atoms with Gasteiger partial charge in [-0.15, -0.1) is 0 Å². The molecule has 5 nitrogen and oxygen atoms in total. The topological polar surface area (TPSA) is 69.6 Å². The van der Waals surface area contributed by atoms with E-state index in [1.54, 1.807) is 12.1 Å². The summed E-state index contributed by atoms with van der Waals surface area (Å²) < 4.78 is 0. The highest BCUT2D eigenvalue weighted by Gasteiger charge is 2.33. The van der Waals surface area contributed by atoms with Crippen LogP contribution in [-0.2, 0) is 11.3 Å². The van der Waals surface area contributed by atoms with Crippen LogP contribution in [0, 0.1) is 5.92 Å². The van der Waals surface area contributed by atoms with E-state index in [0.29, 0.717) is 23.9 Å². The predicted molar refractivity (Wildman–Crippen MR) is 78.0 cm³/mol. The number of amides is 1. The van der Waals surface area contributed by atoms with Crippen LogP contribution in [0.25, 0.3) is 0 Å². The van der Waals surface area contributed by atoms with Gasteiger partial charge >= 0.3 is 5.97 Å². The Bertz CT molecular complexity index is 541. The smallest absolute Gasteiger partial charge is 0.335 e. The molecule has 2 aliphatic rings. The van der Waals surface area contributed by atoms with Crippen LogP contribution in [0.15, 0.2) is 24.3 Å². The summed E-state index contributed by atoms with van der Waals surface area (Å²) in [4.78, 5) is 24.6. The zero-order valence-electron chi connectivity index (χ0n) is 11.9. The first kappa shape index (κ1) is 14.1. The molecule has 1 amide bonds. The molecule has 2 atom stereocenters. The number of fused-ring (bicyclic) bond motifs is 1. The number of hydrogen-bond donors (Lipinski definition) is 2. The zero-order chi connectivity index (χ0) is 14.8. The van der Waals surface area contributed by atoms with Crippen molar-refractivity contribution in [3.8, 4) is 0 Å². The van der Waals surface area contributed by atoms with Crippen molar-refractivity contribution in [2.24, 2.45) is 5.92 Å². The lowest BCUT2D eigenvalue weighted by molar-refractivity contribution is -0.125. The average molecular weight is 288 g/mol. The van der Waals surface area contributed by atoms with Crippen LogP contribution in [0.3, 0.4) is 0 Å². The molecule has 112 valence electrons. The van der Waals surface area contributed by atoms with E-state index >= 15 is 0 Å². The third-order valence-electron chi connectivity index (χ3n) is 4.51. The minimum absolute atomic E-state index is 0.189. The second kappa shape index (κ2) is 5.85. The summed E-state index contributed by atoms with van der Waals surface area (Å²) >= 11 is 0. The highest BCUT2D eigenvalue weighted by molar-refractivity contribution is 5.87. The lowest BCUT2D eigenvalue weighted by Crippen LogP contribution is -2.53. The first-order valence-electron chi connectivity index (χ1n) is 7.46. The number of likely N-dealkylation sites (tertiary alicyclic amines) is 1. The van der Waals surface area contributed by atoms with E-state index in [9.17, 15) is 9.59 Å². The van der Waals surface area contributed by atoms with E-state index in [1.165, 1.54) is 0 Å². The number of piperidine rings is 2. The van der Waals surface area contributed by atoms with Gasteiger partial charge in [0.15, 0.2) is 0 Å². The first-order chi connectivity index (χ1) is 10.1. The van der Waals surface area contributed by atoms with Gasteiger partial charge in [0.1, 0.15) is 0 Å². The number of nitrogens with zero attached hydrogens (tertiary/aromatic N) is 1. The molecular weight excluding hydrogens is 268 g/mol. The number of carbonyl (C=O) groups is 2. The fourth-order valence-electron chi connectivity index (χ4n) is 3.34. The number of nitrogens with one attached hydrogen (secondary N) is 1. The van der Waals surface area contributed by atoms with Crippen molar-refractivity contribution in [3.63, 3.8) is 0 Å². The summed E-state index contributed by atoms with van der Waals surface area (Å²) in [6, 6.07) is 7.43. The standard InChI is InChI=1S/C16H20N2O3/c19-15-6-5-13-10-18(8-7-14(13)17-15)9-11-1-3-12(4-2-11)16(20)21/h1-4,13-14H,5-10H2,(H,17,19)(H,20,21). The van der Waals surface area contributed by atoms with E-state index < -0.39 is 5.97 Å². The molecule has 1 aromatic carbocycles. The molecule has 2 heterocycles. The van der Waals surface area contributed by atoms with E-state index in [1.807, 2.05) is 12.1 Å². The summed E-state index contributed by atoms with van der Waals surface area (Å²) in [5.41, 5.74) is 1.46. The fourth-order valence-corrected chi connectivity index (χ4v) is 3.34. The van der Waals surface area contributed by atoms with Crippen LogP contribution in [-0.4, -0.2) is 41.0 Å². The summed E-state index contributed by atoms with van der Waals surface area (Å²) in [6.45, 7) is 2.82. The van der Waals surface area contributed by atoms with Crippen LogP contribution < -0.4 is 5.32 Å². The molecule has 5 heteroatoms. The van der Waals surface area contributed by atoms with E-state index in [4.69, 9.17) is 5.11 Å². The molecule has 0 bridgehead atoms. The molecule has 1 aromatic rings. The molecular formula is C16H20N2O3. The summed E-state index contributed by atoms with van der Waals surface area (Å²) in [5.74, 6) is -0.149. The molecule has 2 fully saturated rings. The van der Waals surface area contributed by atoms with Gasteiger partial charge in [0, 0.05) is 32.1 Å². The van der Waals surface area contributed by atoms with Crippen LogP contribution in [0.2, 0.25) is 0 Å². The Balaban J connectivity index is 1.59. The lowest BCUT2D eigenvalue weighted by Gasteiger charge is -2.41. The van der Waals surface area contributed by atoms with Gasteiger partial charge in [0.05, 0.1) is 5.56 Å². The van der Waals surface area contributed by atoms with Gasteiger partial charge < -0.3 is 10.4 Å². The summed E-state index contributed by atoms with van der Waals surface area (Å²) in [5, 5.41) is 12.0. The number of carbonyl (C=O) groups excluding carboxylic acids is 1. The Morgan fingerprint density at radius 3 is 2.76 bits per heavy atom. The predicted octanol–water partition coefficient (Wildman–Crippen LogP) is 1.49. The molecule has 2 unspecified atom stereocenters. The Morgan fingerprint density at radius 1 is 1.29 bits per heavy atom. The number of aromatic carboxylic acids is 1. The third kappa shape index (κ3) is 3.24. The monoisotopic (exact) mass is 288 g/mol. The second-order valence-electron chi connectivity index (χ2n) is 6.00. The van der Waals surface area contributed by atoms with E-state index in [-0.39, 0.29) is 5.91 Å². The summed E-state index contributed by atoms with van der Waals surface area (Å²) in [7, 11) is 0. The number of rotatable bonds is 3. The van der Waals surface area contributed by atoms with Crippen molar-refractivity contribution in [1.82, 2.24) is 10.2 Å². The van der Waals surface area contributed by atoms with Crippen molar-refractivity contribution >= 4 is 11.9 Å². The first-order valence-corrected chi connectivity index (χ1v) is 7.46. The average Bonchev–Trinajstić information content (AvgIpc) is 2.48. The maximum absolute atomic E-state index is 11.4. The molecule has 0 aromatic heterocycles. The van der Waals surface area contributed by atoms with Gasteiger partial charge in [-0.05, 0) is 36.5 Å². The normalized spacial score (nSPS) is 26.0. The number of hydrogen-bond acceptors (Lipinski definition) is 3. The van der Waals surface area contributed by atoms with Gasteiger partial charge in [-0.1, -0.05) is 12.1 Å². The van der Waals surface area contributed by atoms with Gasteiger partial charge in [0.2, 0.25) is 5.91 Å². The fraction of sp³-hybridized carbons (Fsp3) is 0.500. The SMILES string of the molecule is O=C1CCC2CN(Cc3ccc(C(=O)O)cc3)CCC2N1. The number of carboxylic acid groups (broad SMARTS) is 1. The van der Waals surface area contributed by atoms with Crippen molar-refractivity contribution in [1.29, 1.82) is 0 Å². The molecule has 0 aliphatic carbocycles. The van der Waals surface area contributed by atoms with Gasteiger partial charge in [-0.25, -0.2) is 4.79 Å². The minimum Gasteiger partial charge on any atom is -0.478 e. The Kier molecular flexibility index (Phi) is 3.92. The molecule has 2 aliphatic heterocycles. The molecule has 2 N–H and O–H groups in total. The molecule has 2 saturated heterocycles. The molecule has 0 radical (unpaired) electrons. The molecule has 0 saturated carbocycles. The van der Waals surface area contributed by atoms with Crippen LogP contribution >= 0.6 is 0 Å². The summed E-state index contributed by atoms with van der Waals surface area (Å²) in [6.07, 6.45) is 2.62. The zero-order valence-corrected chi connectivity index (χ0v) is 11.9. The third-order valence-corrected chi connectivity index (χ3v) is 4.51. The maximum Gasteiger partial charge on any atom is 0.335 e. The van der Waals surface area contributed by atoms with Crippen molar-refractivity contribution in [2.45, 2.75) is 31.8 Å². The Morgan fingerprint density at radius 2 is 2.05 bits per heavy atom. The molecule has 3 rings (SSSR count). The second-order valence-corrected chi connectivity index (χ2v) is 6.00. The quantitative estimate of drug-likeness (QED) is 0.884.